The first-order valence-corrected chi connectivity index (χ1v) is 8.61. The van der Waals surface area contributed by atoms with Crippen LogP contribution in [0, 0.1) is 0 Å². The van der Waals surface area contributed by atoms with E-state index in [2.05, 4.69) is 9.97 Å². The summed E-state index contributed by atoms with van der Waals surface area (Å²) in [6.07, 6.45) is 0. The number of imidazole rings is 1. The number of ether oxygens (including phenoxy) is 2. The fraction of sp³-hybridized carbons (Fsp3) is 0.0952. The van der Waals surface area contributed by atoms with Gasteiger partial charge in [0.2, 0.25) is 0 Å². The highest BCUT2D eigenvalue weighted by atomic mass is 35.5. The number of nitrogens with zero attached hydrogens (tertiary/aromatic N) is 1. The van der Waals surface area contributed by atoms with Crippen molar-refractivity contribution >= 4 is 22.6 Å². The maximum Gasteiger partial charge on any atom is 0.142 e. The molecular weight excluding hydrogens is 348 g/mol. The minimum absolute atomic E-state index is 0.506. The Bertz CT molecular complexity index is 1040. The minimum atomic E-state index is 0.506. The summed E-state index contributed by atoms with van der Waals surface area (Å²) in [6, 6.07) is 21.4. The van der Waals surface area contributed by atoms with E-state index in [9.17, 15) is 0 Å². The van der Waals surface area contributed by atoms with Crippen LogP contribution in [0.4, 0.5) is 0 Å². The number of H-pyrrole nitrogens is 1. The standard InChI is InChI=1S/C21H17ClN2O2/c1-25-20-12-16(26-13-14-5-3-2-4-6-14)8-9-17(20)21-23-18-10-7-15(22)11-19(18)24-21/h2-12H,13H2,1H3,(H,23,24). The molecular formula is C21H17ClN2O2. The second-order valence-electron chi connectivity index (χ2n) is 5.88. The molecule has 0 bridgehead atoms. The fourth-order valence-electron chi connectivity index (χ4n) is 2.80. The van der Waals surface area contributed by atoms with Gasteiger partial charge in [0.1, 0.15) is 23.9 Å². The third kappa shape index (κ3) is 3.37. The number of methoxy groups -OCH3 is 1. The molecule has 0 spiro atoms. The van der Waals surface area contributed by atoms with Gasteiger partial charge in [-0.05, 0) is 35.9 Å². The molecule has 0 aliphatic rings. The van der Waals surface area contributed by atoms with Gasteiger partial charge in [-0.2, -0.15) is 0 Å². The van der Waals surface area contributed by atoms with Crippen LogP contribution in [0.3, 0.4) is 0 Å². The zero-order valence-electron chi connectivity index (χ0n) is 14.2. The Labute approximate surface area is 156 Å². The highest BCUT2D eigenvalue weighted by molar-refractivity contribution is 6.31. The van der Waals surface area contributed by atoms with Crippen molar-refractivity contribution in [3.63, 3.8) is 0 Å². The SMILES string of the molecule is COc1cc(OCc2ccccc2)ccc1-c1nc2cc(Cl)ccc2[nH]1. The van der Waals surface area contributed by atoms with Crippen LogP contribution in [-0.2, 0) is 6.61 Å². The van der Waals surface area contributed by atoms with E-state index in [1.165, 1.54) is 0 Å². The van der Waals surface area contributed by atoms with Crippen LogP contribution in [-0.4, -0.2) is 17.1 Å². The smallest absolute Gasteiger partial charge is 0.142 e. The van der Waals surface area contributed by atoms with Gasteiger partial charge in [0.25, 0.3) is 0 Å². The van der Waals surface area contributed by atoms with Crippen LogP contribution < -0.4 is 9.47 Å². The van der Waals surface area contributed by atoms with Crippen molar-refractivity contribution in [2.24, 2.45) is 0 Å². The van der Waals surface area contributed by atoms with E-state index in [0.717, 1.165) is 33.7 Å². The van der Waals surface area contributed by atoms with E-state index in [1.807, 2.05) is 66.7 Å². The molecule has 0 atom stereocenters. The Morgan fingerprint density at radius 3 is 2.65 bits per heavy atom. The quantitative estimate of drug-likeness (QED) is 0.510. The molecule has 0 amide bonds. The van der Waals surface area contributed by atoms with Crippen molar-refractivity contribution in [3.05, 3.63) is 77.3 Å². The lowest BCUT2D eigenvalue weighted by Crippen LogP contribution is -1.96. The van der Waals surface area contributed by atoms with E-state index < -0.39 is 0 Å². The molecule has 130 valence electrons. The molecule has 4 rings (SSSR count). The summed E-state index contributed by atoms with van der Waals surface area (Å²) in [5.74, 6) is 2.17. The summed E-state index contributed by atoms with van der Waals surface area (Å²) in [4.78, 5) is 7.92. The van der Waals surface area contributed by atoms with E-state index in [0.29, 0.717) is 17.4 Å². The first kappa shape index (κ1) is 16.5. The van der Waals surface area contributed by atoms with Gasteiger partial charge >= 0.3 is 0 Å². The summed E-state index contributed by atoms with van der Waals surface area (Å²) in [7, 11) is 1.64. The molecule has 0 unspecified atom stereocenters. The van der Waals surface area contributed by atoms with Gasteiger partial charge in [0.15, 0.2) is 0 Å². The van der Waals surface area contributed by atoms with Gasteiger partial charge in [-0.25, -0.2) is 4.98 Å². The molecule has 4 nitrogen and oxygen atoms in total. The van der Waals surface area contributed by atoms with Crippen molar-refractivity contribution in [2.45, 2.75) is 6.61 Å². The van der Waals surface area contributed by atoms with E-state index in [1.54, 1.807) is 7.11 Å². The summed E-state index contributed by atoms with van der Waals surface area (Å²) in [5.41, 5.74) is 3.73. The Kier molecular flexibility index (Phi) is 4.50. The normalized spacial score (nSPS) is 10.8. The summed E-state index contributed by atoms with van der Waals surface area (Å²) >= 11 is 6.04. The molecule has 5 heteroatoms. The Hall–Kier alpha value is -2.98. The van der Waals surface area contributed by atoms with Crippen molar-refractivity contribution in [2.75, 3.05) is 7.11 Å². The van der Waals surface area contributed by atoms with E-state index in [-0.39, 0.29) is 0 Å². The van der Waals surface area contributed by atoms with Gasteiger partial charge in [-0.3, -0.25) is 0 Å². The second kappa shape index (κ2) is 7.10. The van der Waals surface area contributed by atoms with Crippen molar-refractivity contribution in [1.29, 1.82) is 0 Å². The maximum atomic E-state index is 6.04. The number of nitrogens with one attached hydrogen (secondary N) is 1. The molecule has 1 N–H and O–H groups in total. The zero-order chi connectivity index (χ0) is 17.9. The second-order valence-corrected chi connectivity index (χ2v) is 6.32. The fourth-order valence-corrected chi connectivity index (χ4v) is 2.97. The van der Waals surface area contributed by atoms with E-state index >= 15 is 0 Å². The number of hydrogen-bond acceptors (Lipinski definition) is 3. The Balaban J connectivity index is 1.62. The molecule has 4 aromatic rings. The summed E-state index contributed by atoms with van der Waals surface area (Å²) < 4.78 is 11.4. The van der Waals surface area contributed by atoms with Crippen LogP contribution in [0.2, 0.25) is 5.02 Å². The van der Waals surface area contributed by atoms with Gasteiger partial charge in [0.05, 0.1) is 23.7 Å². The minimum Gasteiger partial charge on any atom is -0.496 e. The van der Waals surface area contributed by atoms with Crippen molar-refractivity contribution in [1.82, 2.24) is 9.97 Å². The molecule has 0 saturated heterocycles. The molecule has 0 fully saturated rings. The highest BCUT2D eigenvalue weighted by Crippen LogP contribution is 2.33. The Morgan fingerprint density at radius 2 is 1.85 bits per heavy atom. The first-order chi connectivity index (χ1) is 12.7. The number of aromatic nitrogens is 2. The van der Waals surface area contributed by atoms with Crippen LogP contribution >= 0.6 is 11.6 Å². The van der Waals surface area contributed by atoms with Gasteiger partial charge in [-0.15, -0.1) is 0 Å². The molecule has 1 heterocycles. The molecule has 0 aliphatic heterocycles. The number of aromatic amines is 1. The number of fused-ring (bicyclic) bond motifs is 1. The summed E-state index contributed by atoms with van der Waals surface area (Å²) in [5, 5.41) is 0.659. The average molecular weight is 365 g/mol. The lowest BCUT2D eigenvalue weighted by molar-refractivity contribution is 0.304. The lowest BCUT2D eigenvalue weighted by Gasteiger charge is -2.10. The number of rotatable bonds is 5. The molecule has 1 aromatic heterocycles. The number of benzene rings is 3. The third-order valence-electron chi connectivity index (χ3n) is 4.12. The topological polar surface area (TPSA) is 47.1 Å². The monoisotopic (exact) mass is 364 g/mol. The van der Waals surface area contributed by atoms with Crippen LogP contribution in [0.25, 0.3) is 22.4 Å². The number of halogens is 1. The van der Waals surface area contributed by atoms with Crippen molar-refractivity contribution < 1.29 is 9.47 Å². The van der Waals surface area contributed by atoms with Crippen molar-refractivity contribution in [3.8, 4) is 22.9 Å². The molecule has 3 aromatic carbocycles. The molecule has 0 radical (unpaired) electrons. The zero-order valence-corrected chi connectivity index (χ0v) is 15.0. The van der Waals surface area contributed by atoms with Crippen LogP contribution in [0.1, 0.15) is 5.56 Å². The molecule has 26 heavy (non-hydrogen) atoms. The predicted octanol–water partition coefficient (Wildman–Crippen LogP) is 5.47. The predicted molar refractivity (Wildman–Crippen MR) is 104 cm³/mol. The first-order valence-electron chi connectivity index (χ1n) is 8.23. The molecule has 0 aliphatic carbocycles. The average Bonchev–Trinajstić information content (AvgIpc) is 3.09. The molecule has 0 saturated carbocycles. The maximum absolute atomic E-state index is 6.04. The van der Waals surface area contributed by atoms with Gasteiger partial charge in [-0.1, -0.05) is 41.9 Å². The van der Waals surface area contributed by atoms with Gasteiger partial charge in [0, 0.05) is 11.1 Å². The van der Waals surface area contributed by atoms with Crippen LogP contribution in [0.5, 0.6) is 11.5 Å². The van der Waals surface area contributed by atoms with E-state index in [4.69, 9.17) is 21.1 Å². The lowest BCUT2D eigenvalue weighted by atomic mass is 10.2. The summed E-state index contributed by atoms with van der Waals surface area (Å²) in [6.45, 7) is 0.506. The van der Waals surface area contributed by atoms with Gasteiger partial charge < -0.3 is 14.5 Å². The number of hydrogen-bond donors (Lipinski definition) is 1. The largest absolute Gasteiger partial charge is 0.496 e. The third-order valence-corrected chi connectivity index (χ3v) is 4.36. The Morgan fingerprint density at radius 1 is 1.00 bits per heavy atom. The van der Waals surface area contributed by atoms with Crippen LogP contribution in [0.15, 0.2) is 66.7 Å². The highest BCUT2D eigenvalue weighted by Gasteiger charge is 2.12.